The maximum atomic E-state index is 10.9. The average Bonchev–Trinajstić information content (AvgIpc) is 2.24. The fraction of sp³-hybridized carbons (Fsp3) is 0.933. The summed E-state index contributed by atoms with van der Waals surface area (Å²) in [6.45, 7) is 16.9. The summed E-state index contributed by atoms with van der Waals surface area (Å²) in [4.78, 5) is 10.9. The molecule has 1 N–H and O–H groups in total. The Balaban J connectivity index is 5.31. The smallest absolute Gasteiger partial charge is 0.186 e. The molecule has 0 saturated carbocycles. The standard InChI is InChI=1S/C15H32N3OP/c1-12(2)17(13(3)4)20(19)18(14(5)6)15(7,8)10-9-11-16/h12-14,19H,9-10H2,1-8H3. The van der Waals surface area contributed by atoms with E-state index >= 15 is 0 Å². The molecule has 118 valence electrons. The van der Waals surface area contributed by atoms with E-state index < -0.39 is 8.45 Å². The second kappa shape index (κ2) is 8.29. The van der Waals surface area contributed by atoms with Gasteiger partial charge in [0.1, 0.15) is 0 Å². The Hall–Kier alpha value is -0.200. The van der Waals surface area contributed by atoms with E-state index in [0.29, 0.717) is 18.5 Å². The van der Waals surface area contributed by atoms with Gasteiger partial charge in [-0.05, 0) is 61.8 Å². The SMILES string of the molecule is CC(C)N(C(C)C)P(O)N(C(C)C)C(C)(C)CCC#N. The first kappa shape index (κ1) is 19.8. The van der Waals surface area contributed by atoms with E-state index in [1.165, 1.54) is 0 Å². The number of hydrogen-bond donors (Lipinski definition) is 1. The minimum absolute atomic E-state index is 0.188. The molecule has 5 heteroatoms. The second-order valence-corrected chi connectivity index (χ2v) is 8.17. The lowest BCUT2D eigenvalue weighted by atomic mass is 9.98. The predicted molar refractivity (Wildman–Crippen MR) is 87.2 cm³/mol. The van der Waals surface area contributed by atoms with Crippen molar-refractivity contribution in [1.29, 1.82) is 5.26 Å². The van der Waals surface area contributed by atoms with E-state index in [1.54, 1.807) is 0 Å². The molecule has 1 atom stereocenters. The van der Waals surface area contributed by atoms with Crippen LogP contribution in [0.2, 0.25) is 0 Å². The largest absolute Gasteiger partial charge is 0.347 e. The third-order valence-electron chi connectivity index (χ3n) is 3.42. The van der Waals surface area contributed by atoms with Gasteiger partial charge in [-0.15, -0.1) is 0 Å². The van der Waals surface area contributed by atoms with Crippen LogP contribution in [0, 0.1) is 11.3 Å². The van der Waals surface area contributed by atoms with Crippen LogP contribution < -0.4 is 0 Å². The van der Waals surface area contributed by atoms with Gasteiger partial charge in [0.25, 0.3) is 0 Å². The van der Waals surface area contributed by atoms with Gasteiger partial charge in [-0.25, -0.2) is 9.34 Å². The molecule has 0 rings (SSSR count). The Labute approximate surface area is 126 Å². The highest BCUT2D eigenvalue weighted by Gasteiger charge is 2.38. The monoisotopic (exact) mass is 301 g/mol. The lowest BCUT2D eigenvalue weighted by Gasteiger charge is -2.48. The molecule has 0 heterocycles. The highest BCUT2D eigenvalue weighted by molar-refractivity contribution is 7.46. The van der Waals surface area contributed by atoms with Crippen molar-refractivity contribution >= 4 is 8.45 Å². The van der Waals surface area contributed by atoms with Gasteiger partial charge in [-0.2, -0.15) is 5.26 Å². The van der Waals surface area contributed by atoms with Crippen LogP contribution in [0.4, 0.5) is 0 Å². The molecule has 0 aromatic carbocycles. The van der Waals surface area contributed by atoms with Gasteiger partial charge in [0, 0.05) is 30.1 Å². The lowest BCUT2D eigenvalue weighted by molar-refractivity contribution is 0.147. The van der Waals surface area contributed by atoms with Gasteiger partial charge in [-0.3, -0.25) is 0 Å². The van der Waals surface area contributed by atoms with E-state index in [-0.39, 0.29) is 11.6 Å². The van der Waals surface area contributed by atoms with E-state index in [2.05, 4.69) is 70.8 Å². The predicted octanol–water partition coefficient (Wildman–Crippen LogP) is 4.12. The second-order valence-electron chi connectivity index (χ2n) is 6.74. The summed E-state index contributed by atoms with van der Waals surface area (Å²) >= 11 is 0. The van der Waals surface area contributed by atoms with E-state index in [1.807, 2.05) is 0 Å². The third kappa shape index (κ3) is 5.30. The van der Waals surface area contributed by atoms with Crippen molar-refractivity contribution in [2.45, 2.75) is 91.9 Å². The Kier molecular flexibility index (Phi) is 8.21. The highest BCUT2D eigenvalue weighted by Crippen LogP contribution is 2.49. The third-order valence-corrected chi connectivity index (χ3v) is 6.14. The molecule has 0 aromatic rings. The van der Waals surface area contributed by atoms with Crippen molar-refractivity contribution < 1.29 is 4.89 Å². The Morgan fingerprint density at radius 3 is 1.80 bits per heavy atom. The van der Waals surface area contributed by atoms with Gasteiger partial charge < -0.3 is 4.89 Å². The van der Waals surface area contributed by atoms with Gasteiger partial charge in [0.2, 0.25) is 0 Å². The van der Waals surface area contributed by atoms with Crippen molar-refractivity contribution in [3.05, 3.63) is 0 Å². The maximum Gasteiger partial charge on any atom is 0.186 e. The van der Waals surface area contributed by atoms with Crippen LogP contribution in [0.3, 0.4) is 0 Å². The fourth-order valence-corrected chi connectivity index (χ4v) is 4.79. The van der Waals surface area contributed by atoms with Crippen molar-refractivity contribution in [2.75, 3.05) is 0 Å². The summed E-state index contributed by atoms with van der Waals surface area (Å²) < 4.78 is 4.35. The van der Waals surface area contributed by atoms with E-state index in [9.17, 15) is 4.89 Å². The van der Waals surface area contributed by atoms with Crippen molar-refractivity contribution in [3.8, 4) is 6.07 Å². The zero-order chi connectivity index (χ0) is 16.1. The highest BCUT2D eigenvalue weighted by atomic mass is 31.2. The number of nitriles is 1. The first-order valence-corrected chi connectivity index (χ1v) is 8.69. The molecule has 0 fully saturated rings. The first-order chi connectivity index (χ1) is 9.06. The molecule has 0 radical (unpaired) electrons. The number of hydrogen-bond acceptors (Lipinski definition) is 4. The summed E-state index contributed by atoms with van der Waals surface area (Å²) in [7, 11) is -1.37. The van der Waals surface area contributed by atoms with Crippen LogP contribution in [0.1, 0.15) is 68.2 Å². The van der Waals surface area contributed by atoms with Crippen molar-refractivity contribution in [1.82, 2.24) is 9.34 Å². The molecule has 4 nitrogen and oxygen atoms in total. The molecule has 1 unspecified atom stereocenters. The van der Waals surface area contributed by atoms with Crippen molar-refractivity contribution in [3.63, 3.8) is 0 Å². The molecule has 0 amide bonds. The van der Waals surface area contributed by atoms with Gasteiger partial charge in [0.15, 0.2) is 8.45 Å². The minimum Gasteiger partial charge on any atom is -0.347 e. The minimum atomic E-state index is -1.37. The number of rotatable bonds is 8. The topological polar surface area (TPSA) is 50.5 Å². The molecule has 0 aliphatic rings. The van der Waals surface area contributed by atoms with E-state index in [0.717, 1.165) is 6.42 Å². The molecule has 0 bridgehead atoms. The quantitative estimate of drug-likeness (QED) is 0.685. The lowest BCUT2D eigenvalue weighted by Crippen LogP contribution is -2.49. The molecule has 0 aromatic heterocycles. The Morgan fingerprint density at radius 1 is 1.05 bits per heavy atom. The normalized spacial score (nSPS) is 14.7. The van der Waals surface area contributed by atoms with Crippen LogP contribution in [0.15, 0.2) is 0 Å². The molecular weight excluding hydrogens is 269 g/mol. The molecule has 0 aliphatic heterocycles. The van der Waals surface area contributed by atoms with Crippen LogP contribution >= 0.6 is 8.45 Å². The molecule has 0 saturated heterocycles. The Bertz CT molecular complexity index is 316. The molecule has 0 spiro atoms. The Morgan fingerprint density at radius 2 is 1.50 bits per heavy atom. The van der Waals surface area contributed by atoms with Gasteiger partial charge in [-0.1, -0.05) is 0 Å². The molecule has 0 aliphatic carbocycles. The zero-order valence-electron chi connectivity index (χ0n) is 14.4. The fourth-order valence-electron chi connectivity index (χ4n) is 2.74. The summed E-state index contributed by atoms with van der Waals surface area (Å²) in [6, 6.07) is 3.03. The van der Waals surface area contributed by atoms with E-state index in [4.69, 9.17) is 5.26 Å². The van der Waals surface area contributed by atoms with Crippen LogP contribution in [0.25, 0.3) is 0 Å². The maximum absolute atomic E-state index is 10.9. The average molecular weight is 301 g/mol. The summed E-state index contributed by atoms with van der Waals surface area (Å²) in [5.74, 6) is 0. The van der Waals surface area contributed by atoms with Gasteiger partial charge in [0.05, 0.1) is 6.07 Å². The van der Waals surface area contributed by atoms with Gasteiger partial charge >= 0.3 is 0 Å². The van der Waals surface area contributed by atoms with Crippen LogP contribution in [-0.4, -0.2) is 37.9 Å². The van der Waals surface area contributed by atoms with Crippen molar-refractivity contribution in [2.24, 2.45) is 0 Å². The summed E-state index contributed by atoms with van der Waals surface area (Å²) in [5.41, 5.74) is -0.188. The number of nitrogens with zero attached hydrogens (tertiary/aromatic N) is 3. The summed E-state index contributed by atoms with van der Waals surface area (Å²) in [6.07, 6.45) is 1.29. The van der Waals surface area contributed by atoms with Crippen LogP contribution in [0.5, 0.6) is 0 Å². The molecular formula is C15H32N3OP. The summed E-state index contributed by atoms with van der Waals surface area (Å²) in [5, 5.41) is 8.84. The first-order valence-electron chi connectivity index (χ1n) is 7.49. The zero-order valence-corrected chi connectivity index (χ0v) is 15.3. The van der Waals surface area contributed by atoms with Crippen LogP contribution in [-0.2, 0) is 0 Å². The molecule has 20 heavy (non-hydrogen) atoms.